The largest absolute Gasteiger partial charge is 0.368 e. The standard InChI is InChI=1S/C12H18N2O3S/c1-8(2)9-3-5-10(6-4-9)18(16,17)7-11(13)12(14)15/h3-6,8,11H,7,13H2,1-2H3,(H2,14,15). The summed E-state index contributed by atoms with van der Waals surface area (Å²) < 4.78 is 23.9. The number of rotatable bonds is 5. The second-order valence-electron chi connectivity index (χ2n) is 4.51. The van der Waals surface area contributed by atoms with Crippen LogP contribution >= 0.6 is 0 Å². The fourth-order valence-corrected chi connectivity index (χ4v) is 2.86. The minimum absolute atomic E-state index is 0.156. The summed E-state index contributed by atoms with van der Waals surface area (Å²) in [4.78, 5) is 10.9. The molecular weight excluding hydrogens is 252 g/mol. The predicted molar refractivity (Wildman–Crippen MR) is 69.8 cm³/mol. The topological polar surface area (TPSA) is 103 Å². The number of hydrogen-bond acceptors (Lipinski definition) is 4. The first-order valence-corrected chi connectivity index (χ1v) is 7.27. The lowest BCUT2D eigenvalue weighted by Gasteiger charge is -2.10. The highest BCUT2D eigenvalue weighted by Gasteiger charge is 2.22. The Morgan fingerprint density at radius 3 is 2.11 bits per heavy atom. The molecule has 1 aromatic rings. The van der Waals surface area contributed by atoms with Crippen molar-refractivity contribution in [1.82, 2.24) is 0 Å². The van der Waals surface area contributed by atoms with E-state index in [9.17, 15) is 13.2 Å². The van der Waals surface area contributed by atoms with Gasteiger partial charge in [0.25, 0.3) is 0 Å². The number of amides is 1. The van der Waals surface area contributed by atoms with Crippen molar-refractivity contribution in [3.63, 3.8) is 0 Å². The Morgan fingerprint density at radius 2 is 1.72 bits per heavy atom. The average Bonchev–Trinajstić information content (AvgIpc) is 2.28. The van der Waals surface area contributed by atoms with Crippen LogP contribution in [0.15, 0.2) is 29.2 Å². The second-order valence-corrected chi connectivity index (χ2v) is 6.55. The third-order valence-electron chi connectivity index (χ3n) is 2.67. The lowest BCUT2D eigenvalue weighted by atomic mass is 10.0. The number of carbonyl (C=O) groups excluding carboxylic acids is 1. The van der Waals surface area contributed by atoms with Crippen LogP contribution in [0.1, 0.15) is 25.3 Å². The third-order valence-corrected chi connectivity index (χ3v) is 4.46. The molecule has 0 fully saturated rings. The molecule has 4 N–H and O–H groups in total. The van der Waals surface area contributed by atoms with Crippen molar-refractivity contribution in [3.8, 4) is 0 Å². The van der Waals surface area contributed by atoms with Gasteiger partial charge >= 0.3 is 0 Å². The molecule has 0 heterocycles. The van der Waals surface area contributed by atoms with Crippen molar-refractivity contribution < 1.29 is 13.2 Å². The molecule has 0 aromatic heterocycles. The van der Waals surface area contributed by atoms with Gasteiger partial charge in [0.1, 0.15) is 0 Å². The van der Waals surface area contributed by atoms with Gasteiger partial charge in [-0.15, -0.1) is 0 Å². The minimum atomic E-state index is -3.57. The van der Waals surface area contributed by atoms with Gasteiger partial charge in [-0.05, 0) is 23.6 Å². The number of nitrogens with two attached hydrogens (primary N) is 2. The molecule has 0 aliphatic rings. The van der Waals surface area contributed by atoms with Gasteiger partial charge in [-0.3, -0.25) is 4.79 Å². The molecule has 0 bridgehead atoms. The lowest BCUT2D eigenvalue weighted by Crippen LogP contribution is -2.41. The summed E-state index contributed by atoms with van der Waals surface area (Å²) in [5.41, 5.74) is 11.4. The van der Waals surface area contributed by atoms with Crippen LogP contribution in [-0.4, -0.2) is 26.1 Å². The second kappa shape index (κ2) is 5.49. The van der Waals surface area contributed by atoms with Crippen molar-refractivity contribution in [2.75, 3.05) is 5.75 Å². The molecule has 18 heavy (non-hydrogen) atoms. The van der Waals surface area contributed by atoms with E-state index in [0.717, 1.165) is 5.56 Å². The smallest absolute Gasteiger partial charge is 0.235 e. The molecule has 0 saturated heterocycles. The minimum Gasteiger partial charge on any atom is -0.368 e. The zero-order valence-electron chi connectivity index (χ0n) is 10.5. The first-order chi connectivity index (χ1) is 8.24. The van der Waals surface area contributed by atoms with Crippen molar-refractivity contribution in [2.45, 2.75) is 30.7 Å². The van der Waals surface area contributed by atoms with Crippen LogP contribution in [0, 0.1) is 0 Å². The summed E-state index contributed by atoms with van der Waals surface area (Å²) in [7, 11) is -3.57. The molecule has 5 nitrogen and oxygen atoms in total. The summed E-state index contributed by atoms with van der Waals surface area (Å²) in [6.07, 6.45) is 0. The summed E-state index contributed by atoms with van der Waals surface area (Å²) in [6.45, 7) is 4.04. The lowest BCUT2D eigenvalue weighted by molar-refractivity contribution is -0.118. The Balaban J connectivity index is 2.95. The molecular formula is C12H18N2O3S. The number of carbonyl (C=O) groups is 1. The van der Waals surface area contributed by atoms with Crippen LogP contribution in [0.4, 0.5) is 0 Å². The summed E-state index contributed by atoms with van der Waals surface area (Å²) in [6, 6.07) is 5.39. The zero-order chi connectivity index (χ0) is 13.9. The van der Waals surface area contributed by atoms with E-state index in [4.69, 9.17) is 11.5 Å². The Bertz CT molecular complexity index is 521. The van der Waals surface area contributed by atoms with E-state index in [2.05, 4.69) is 0 Å². The Kier molecular flexibility index (Phi) is 4.48. The van der Waals surface area contributed by atoms with Gasteiger partial charge in [-0.25, -0.2) is 8.42 Å². The average molecular weight is 270 g/mol. The van der Waals surface area contributed by atoms with E-state index >= 15 is 0 Å². The number of hydrogen-bond donors (Lipinski definition) is 2. The fraction of sp³-hybridized carbons (Fsp3) is 0.417. The molecule has 0 aliphatic carbocycles. The Morgan fingerprint density at radius 1 is 1.22 bits per heavy atom. The van der Waals surface area contributed by atoms with E-state index in [-0.39, 0.29) is 4.90 Å². The number of sulfone groups is 1. The molecule has 6 heteroatoms. The summed E-state index contributed by atoms with van der Waals surface area (Å²) in [5, 5.41) is 0. The first kappa shape index (κ1) is 14.7. The molecule has 1 atom stereocenters. The first-order valence-electron chi connectivity index (χ1n) is 5.61. The quantitative estimate of drug-likeness (QED) is 0.808. The number of benzene rings is 1. The van der Waals surface area contributed by atoms with Crippen molar-refractivity contribution >= 4 is 15.7 Å². The fourth-order valence-electron chi connectivity index (χ4n) is 1.47. The highest BCUT2D eigenvalue weighted by atomic mass is 32.2. The van der Waals surface area contributed by atoms with E-state index in [1.807, 2.05) is 13.8 Å². The third kappa shape index (κ3) is 3.54. The maximum atomic E-state index is 11.9. The van der Waals surface area contributed by atoms with Crippen LogP contribution in [-0.2, 0) is 14.6 Å². The van der Waals surface area contributed by atoms with Crippen LogP contribution in [0.2, 0.25) is 0 Å². The molecule has 1 rings (SSSR count). The highest BCUT2D eigenvalue weighted by Crippen LogP contribution is 2.18. The van der Waals surface area contributed by atoms with Gasteiger partial charge in [-0.1, -0.05) is 26.0 Å². The maximum Gasteiger partial charge on any atom is 0.235 e. The molecule has 0 saturated carbocycles. The van der Waals surface area contributed by atoms with Gasteiger partial charge in [-0.2, -0.15) is 0 Å². The van der Waals surface area contributed by atoms with E-state index in [1.54, 1.807) is 12.1 Å². The van der Waals surface area contributed by atoms with E-state index in [1.165, 1.54) is 12.1 Å². The molecule has 100 valence electrons. The van der Waals surface area contributed by atoms with Gasteiger partial charge in [0.05, 0.1) is 16.7 Å². The molecule has 0 radical (unpaired) electrons. The van der Waals surface area contributed by atoms with Crippen molar-refractivity contribution in [3.05, 3.63) is 29.8 Å². The summed E-state index contributed by atoms with van der Waals surface area (Å²) in [5.74, 6) is -0.962. The molecule has 1 amide bonds. The zero-order valence-corrected chi connectivity index (χ0v) is 11.3. The van der Waals surface area contributed by atoms with E-state index in [0.29, 0.717) is 5.92 Å². The molecule has 0 spiro atoms. The Hall–Kier alpha value is -1.40. The van der Waals surface area contributed by atoms with Crippen molar-refractivity contribution in [2.24, 2.45) is 11.5 Å². The molecule has 1 unspecified atom stereocenters. The summed E-state index contributed by atoms with van der Waals surface area (Å²) >= 11 is 0. The maximum absolute atomic E-state index is 11.9. The van der Waals surface area contributed by atoms with E-state index < -0.39 is 27.5 Å². The van der Waals surface area contributed by atoms with Crippen molar-refractivity contribution in [1.29, 1.82) is 0 Å². The van der Waals surface area contributed by atoms with Crippen LogP contribution in [0.25, 0.3) is 0 Å². The Labute approximate surface area is 107 Å². The number of primary amides is 1. The van der Waals surface area contributed by atoms with Gasteiger partial charge in [0.2, 0.25) is 5.91 Å². The van der Waals surface area contributed by atoms with Gasteiger partial charge in [0, 0.05) is 0 Å². The molecule has 1 aromatic carbocycles. The monoisotopic (exact) mass is 270 g/mol. The van der Waals surface area contributed by atoms with Crippen LogP contribution in [0.5, 0.6) is 0 Å². The SMILES string of the molecule is CC(C)c1ccc(S(=O)(=O)CC(N)C(N)=O)cc1. The normalized spacial score (nSPS) is 13.6. The van der Waals surface area contributed by atoms with Crippen LogP contribution in [0.3, 0.4) is 0 Å². The van der Waals surface area contributed by atoms with Gasteiger partial charge in [0.15, 0.2) is 9.84 Å². The molecule has 0 aliphatic heterocycles. The highest BCUT2D eigenvalue weighted by molar-refractivity contribution is 7.91. The van der Waals surface area contributed by atoms with Crippen LogP contribution < -0.4 is 11.5 Å². The van der Waals surface area contributed by atoms with Gasteiger partial charge < -0.3 is 11.5 Å². The predicted octanol–water partition coefficient (Wildman–Crippen LogP) is 0.396.